The van der Waals surface area contributed by atoms with Crippen molar-refractivity contribution >= 4 is 17.8 Å². The Morgan fingerprint density at radius 1 is 1.15 bits per heavy atom. The molecule has 0 spiro atoms. The van der Waals surface area contributed by atoms with Gasteiger partial charge in [0.05, 0.1) is 12.8 Å². The summed E-state index contributed by atoms with van der Waals surface area (Å²) in [5.41, 5.74) is 1.46. The lowest BCUT2D eigenvalue weighted by Gasteiger charge is -2.18. The quantitative estimate of drug-likeness (QED) is 0.610. The van der Waals surface area contributed by atoms with Crippen molar-refractivity contribution in [2.75, 3.05) is 31.7 Å². The average molecular weight is 356 g/mol. The number of oxime groups is 1. The molecule has 0 aromatic heterocycles. The Labute approximate surface area is 151 Å². The molecule has 3 rings (SSSR count). The Kier molecular flexibility index (Phi) is 5.92. The van der Waals surface area contributed by atoms with Crippen LogP contribution in [0, 0.1) is 0 Å². The number of fused-ring (bicyclic) bond motifs is 1. The van der Waals surface area contributed by atoms with Gasteiger partial charge in [-0.05, 0) is 48.9 Å². The minimum atomic E-state index is -0.314. The smallest absolute Gasteiger partial charge is 0.265 e. The molecular formula is C19H20N2O5. The van der Waals surface area contributed by atoms with Gasteiger partial charge in [0.1, 0.15) is 19.0 Å². The number of amides is 1. The molecule has 1 heterocycles. The number of nitrogens with zero attached hydrogens (tertiary/aromatic N) is 1. The summed E-state index contributed by atoms with van der Waals surface area (Å²) >= 11 is 0. The van der Waals surface area contributed by atoms with E-state index in [1.54, 1.807) is 18.2 Å². The Morgan fingerprint density at radius 2 is 1.92 bits per heavy atom. The highest BCUT2D eigenvalue weighted by Gasteiger charge is 2.12. The van der Waals surface area contributed by atoms with Gasteiger partial charge in [0.2, 0.25) is 0 Å². The highest BCUT2D eigenvalue weighted by atomic mass is 16.6. The van der Waals surface area contributed by atoms with Crippen molar-refractivity contribution in [3.63, 3.8) is 0 Å². The van der Waals surface area contributed by atoms with E-state index in [4.69, 9.17) is 19.0 Å². The first-order valence-corrected chi connectivity index (χ1v) is 8.32. The SMILES string of the molecule is CCOc1ccc(/C=N\OCC(=O)Nc2ccc3c(c2)OCCO3)cc1. The lowest BCUT2D eigenvalue weighted by Crippen LogP contribution is -2.18. The molecule has 1 aliphatic rings. The number of rotatable bonds is 7. The minimum Gasteiger partial charge on any atom is -0.494 e. The third-order valence-corrected chi connectivity index (χ3v) is 3.49. The van der Waals surface area contributed by atoms with Crippen molar-refractivity contribution in [1.29, 1.82) is 0 Å². The Bertz CT molecular complexity index is 774. The van der Waals surface area contributed by atoms with Gasteiger partial charge in [0, 0.05) is 11.8 Å². The molecule has 2 aromatic rings. The van der Waals surface area contributed by atoms with Crippen molar-refractivity contribution in [1.82, 2.24) is 0 Å². The highest BCUT2D eigenvalue weighted by Crippen LogP contribution is 2.32. The van der Waals surface area contributed by atoms with E-state index >= 15 is 0 Å². The van der Waals surface area contributed by atoms with E-state index in [2.05, 4.69) is 10.5 Å². The van der Waals surface area contributed by atoms with E-state index < -0.39 is 0 Å². The molecule has 7 heteroatoms. The van der Waals surface area contributed by atoms with E-state index in [0.717, 1.165) is 11.3 Å². The molecule has 2 aromatic carbocycles. The summed E-state index contributed by atoms with van der Waals surface area (Å²) in [7, 11) is 0. The molecule has 0 radical (unpaired) electrons. The fraction of sp³-hybridized carbons (Fsp3) is 0.263. The van der Waals surface area contributed by atoms with Crippen LogP contribution in [0.1, 0.15) is 12.5 Å². The third-order valence-electron chi connectivity index (χ3n) is 3.49. The molecule has 0 fully saturated rings. The summed E-state index contributed by atoms with van der Waals surface area (Å²) < 4.78 is 16.3. The van der Waals surface area contributed by atoms with Crippen molar-refractivity contribution < 1.29 is 23.8 Å². The standard InChI is InChI=1S/C19H20N2O5/c1-2-23-16-6-3-14(4-7-16)12-20-26-13-19(22)21-15-5-8-17-18(11-15)25-10-9-24-17/h3-8,11-12H,2,9-10,13H2,1H3,(H,21,22)/b20-12-. The normalized spacial score (nSPS) is 12.7. The predicted molar refractivity (Wildman–Crippen MR) is 97.2 cm³/mol. The van der Waals surface area contributed by atoms with Gasteiger partial charge in [-0.15, -0.1) is 0 Å². The largest absolute Gasteiger partial charge is 0.494 e. The Balaban J connectivity index is 1.45. The van der Waals surface area contributed by atoms with Gasteiger partial charge in [0.25, 0.3) is 5.91 Å². The van der Waals surface area contributed by atoms with Crippen LogP contribution in [0.2, 0.25) is 0 Å². The average Bonchev–Trinajstić information content (AvgIpc) is 2.67. The van der Waals surface area contributed by atoms with Crippen LogP contribution in [-0.2, 0) is 9.63 Å². The first-order valence-electron chi connectivity index (χ1n) is 8.32. The first-order chi connectivity index (χ1) is 12.7. The van der Waals surface area contributed by atoms with E-state index in [-0.39, 0.29) is 12.5 Å². The fourth-order valence-electron chi connectivity index (χ4n) is 2.33. The molecule has 0 bridgehead atoms. The summed E-state index contributed by atoms with van der Waals surface area (Å²) in [6, 6.07) is 12.6. The van der Waals surface area contributed by atoms with Gasteiger partial charge >= 0.3 is 0 Å². The van der Waals surface area contributed by atoms with Crippen LogP contribution in [0.5, 0.6) is 17.2 Å². The van der Waals surface area contributed by atoms with Crippen LogP contribution in [0.4, 0.5) is 5.69 Å². The van der Waals surface area contributed by atoms with Gasteiger partial charge in [-0.2, -0.15) is 0 Å². The number of anilines is 1. The lowest BCUT2D eigenvalue weighted by molar-refractivity contribution is -0.120. The van der Waals surface area contributed by atoms with E-state index in [1.807, 2.05) is 31.2 Å². The second-order valence-corrected chi connectivity index (χ2v) is 5.42. The lowest BCUT2D eigenvalue weighted by atomic mass is 10.2. The van der Waals surface area contributed by atoms with Crippen LogP contribution in [-0.4, -0.2) is 38.5 Å². The first kappa shape index (κ1) is 17.6. The van der Waals surface area contributed by atoms with Crippen molar-refractivity contribution in [2.24, 2.45) is 5.16 Å². The predicted octanol–water partition coefficient (Wildman–Crippen LogP) is 2.85. The topological polar surface area (TPSA) is 78.4 Å². The van der Waals surface area contributed by atoms with E-state index in [1.165, 1.54) is 6.21 Å². The highest BCUT2D eigenvalue weighted by molar-refractivity contribution is 5.92. The molecule has 0 aliphatic carbocycles. The fourth-order valence-corrected chi connectivity index (χ4v) is 2.33. The second-order valence-electron chi connectivity index (χ2n) is 5.42. The zero-order valence-corrected chi connectivity index (χ0v) is 14.4. The molecule has 0 saturated carbocycles. The summed E-state index contributed by atoms with van der Waals surface area (Å²) in [4.78, 5) is 16.9. The van der Waals surface area contributed by atoms with Gasteiger partial charge < -0.3 is 24.4 Å². The Hall–Kier alpha value is -3.22. The van der Waals surface area contributed by atoms with Crippen molar-refractivity contribution in [3.05, 3.63) is 48.0 Å². The van der Waals surface area contributed by atoms with Crippen molar-refractivity contribution in [2.45, 2.75) is 6.92 Å². The number of carbonyl (C=O) groups excluding carboxylic acids is 1. The summed E-state index contributed by atoms with van der Waals surface area (Å²) in [5, 5.41) is 6.52. The maximum absolute atomic E-state index is 11.9. The number of benzene rings is 2. The van der Waals surface area contributed by atoms with Crippen LogP contribution in [0.3, 0.4) is 0 Å². The molecule has 0 unspecified atom stereocenters. The number of hydrogen-bond donors (Lipinski definition) is 1. The number of nitrogens with one attached hydrogen (secondary N) is 1. The molecule has 1 aliphatic heterocycles. The molecule has 7 nitrogen and oxygen atoms in total. The molecule has 0 atom stereocenters. The molecule has 26 heavy (non-hydrogen) atoms. The summed E-state index contributed by atoms with van der Waals surface area (Å²) in [6.07, 6.45) is 1.53. The van der Waals surface area contributed by atoms with Gasteiger partial charge in [-0.25, -0.2) is 0 Å². The summed E-state index contributed by atoms with van der Waals surface area (Å²) in [6.45, 7) is 3.38. The van der Waals surface area contributed by atoms with Crippen LogP contribution >= 0.6 is 0 Å². The van der Waals surface area contributed by atoms with Crippen LogP contribution < -0.4 is 19.5 Å². The molecule has 0 saturated heterocycles. The monoisotopic (exact) mass is 356 g/mol. The van der Waals surface area contributed by atoms with Crippen LogP contribution in [0.25, 0.3) is 0 Å². The zero-order valence-electron chi connectivity index (χ0n) is 14.4. The molecule has 1 amide bonds. The molecular weight excluding hydrogens is 336 g/mol. The van der Waals surface area contributed by atoms with Gasteiger partial charge in [-0.3, -0.25) is 4.79 Å². The van der Waals surface area contributed by atoms with E-state index in [0.29, 0.717) is 37.0 Å². The molecule has 1 N–H and O–H groups in total. The summed E-state index contributed by atoms with van der Waals surface area (Å²) in [5.74, 6) is 1.77. The maximum atomic E-state index is 11.9. The molecule has 136 valence electrons. The number of carbonyl (C=O) groups is 1. The van der Waals surface area contributed by atoms with Gasteiger partial charge in [-0.1, -0.05) is 5.16 Å². The third kappa shape index (κ3) is 4.89. The van der Waals surface area contributed by atoms with Crippen LogP contribution in [0.15, 0.2) is 47.6 Å². The minimum absolute atomic E-state index is 0.192. The van der Waals surface area contributed by atoms with Gasteiger partial charge in [0.15, 0.2) is 18.1 Å². The Morgan fingerprint density at radius 3 is 2.69 bits per heavy atom. The number of ether oxygens (including phenoxy) is 3. The number of hydrogen-bond acceptors (Lipinski definition) is 6. The zero-order chi connectivity index (χ0) is 18.2. The van der Waals surface area contributed by atoms with Crippen molar-refractivity contribution in [3.8, 4) is 17.2 Å². The maximum Gasteiger partial charge on any atom is 0.265 e. The second kappa shape index (κ2) is 8.75. The van der Waals surface area contributed by atoms with E-state index in [9.17, 15) is 4.79 Å².